The fraction of sp³-hybridized carbons (Fsp3) is 0.311. The number of nitrogens with zero attached hydrogens (tertiary/aromatic N) is 4. The van der Waals surface area contributed by atoms with E-state index >= 15 is 4.39 Å². The van der Waals surface area contributed by atoms with Crippen LogP contribution in [-0.2, 0) is 14.3 Å². The zero-order chi connectivity index (χ0) is 40.5. The molecule has 4 heterocycles. The van der Waals surface area contributed by atoms with Gasteiger partial charge in [-0.15, -0.1) is 0 Å². The Bertz CT molecular complexity index is 2570. The predicted octanol–water partition coefficient (Wildman–Crippen LogP) is 7.05. The van der Waals surface area contributed by atoms with Crippen LogP contribution in [0.3, 0.4) is 0 Å². The van der Waals surface area contributed by atoms with Crippen molar-refractivity contribution in [3.05, 3.63) is 119 Å². The van der Waals surface area contributed by atoms with Gasteiger partial charge in [0.05, 0.1) is 53.7 Å². The van der Waals surface area contributed by atoms with E-state index < -0.39 is 24.0 Å². The Morgan fingerprint density at radius 3 is 2.36 bits per heavy atom. The monoisotopic (exact) mass is 780 g/mol. The molecule has 0 spiro atoms. The number of carbonyl (C=O) groups excluding carboxylic acids is 3. The van der Waals surface area contributed by atoms with Crippen LogP contribution < -0.4 is 11.1 Å². The minimum Gasteiger partial charge on any atom is -0.453 e. The normalized spacial score (nSPS) is 17.7. The van der Waals surface area contributed by atoms with E-state index in [1.807, 2.05) is 67.3 Å². The Morgan fingerprint density at radius 2 is 1.64 bits per heavy atom. The Morgan fingerprint density at radius 1 is 0.897 bits per heavy atom. The highest BCUT2D eigenvalue weighted by Crippen LogP contribution is 2.36. The molecule has 0 radical (unpaired) electrons. The van der Waals surface area contributed by atoms with Gasteiger partial charge in [0.2, 0.25) is 5.91 Å². The number of rotatable bonds is 8. The topological polar surface area (TPSA) is 162 Å². The molecule has 2 aliphatic rings. The molecule has 0 unspecified atom stereocenters. The van der Waals surface area contributed by atoms with Gasteiger partial charge >= 0.3 is 6.09 Å². The summed E-state index contributed by atoms with van der Waals surface area (Å²) in [5, 5.41) is 4.57. The number of benzene rings is 4. The maximum Gasteiger partial charge on any atom is 0.407 e. The number of halogens is 1. The number of aromatic nitrogens is 4. The zero-order valence-corrected chi connectivity index (χ0v) is 32.6. The molecule has 8 rings (SSSR count). The van der Waals surface area contributed by atoms with Crippen LogP contribution in [0.4, 0.5) is 9.18 Å². The second-order valence-electron chi connectivity index (χ2n) is 15.3. The second kappa shape index (κ2) is 16.1. The summed E-state index contributed by atoms with van der Waals surface area (Å²) in [4.78, 5) is 59.1. The van der Waals surface area contributed by atoms with Gasteiger partial charge in [-0.05, 0) is 72.9 Å². The maximum absolute atomic E-state index is 15.5. The van der Waals surface area contributed by atoms with Crippen LogP contribution >= 0.6 is 0 Å². The number of nitrogens with one attached hydrogen (secondary N) is 3. The lowest BCUT2D eigenvalue weighted by Gasteiger charge is -2.28. The van der Waals surface area contributed by atoms with Crippen molar-refractivity contribution in [1.29, 1.82) is 0 Å². The lowest BCUT2D eigenvalue weighted by molar-refractivity contribution is -0.135. The number of nitrogens with two attached hydrogens (primary N) is 1. The number of carbonyl (C=O) groups is 3. The molecule has 2 saturated heterocycles. The summed E-state index contributed by atoms with van der Waals surface area (Å²) in [7, 11) is 1.26. The zero-order valence-electron chi connectivity index (χ0n) is 32.6. The van der Waals surface area contributed by atoms with Crippen LogP contribution in [0.5, 0.6) is 0 Å². The van der Waals surface area contributed by atoms with Crippen LogP contribution in [0, 0.1) is 23.6 Å². The summed E-state index contributed by atoms with van der Waals surface area (Å²) in [5.41, 5.74) is 10.8. The first-order valence-corrected chi connectivity index (χ1v) is 19.6. The molecule has 2 aliphatic heterocycles. The summed E-state index contributed by atoms with van der Waals surface area (Å²) in [5.74, 6) is 6.71. The molecule has 12 nitrogen and oxygen atoms in total. The van der Waals surface area contributed by atoms with Crippen molar-refractivity contribution in [2.75, 3.05) is 20.2 Å². The quantitative estimate of drug-likeness (QED) is 0.120. The Hall–Kier alpha value is -6.52. The summed E-state index contributed by atoms with van der Waals surface area (Å²) < 4.78 is 20.3. The van der Waals surface area contributed by atoms with Crippen molar-refractivity contribution in [2.45, 2.75) is 63.7 Å². The summed E-state index contributed by atoms with van der Waals surface area (Å²) in [6, 6.07) is 21.8. The molecule has 3 amide bonds. The van der Waals surface area contributed by atoms with E-state index in [1.54, 1.807) is 35.4 Å². The van der Waals surface area contributed by atoms with E-state index in [1.165, 1.54) is 13.2 Å². The van der Waals surface area contributed by atoms with Gasteiger partial charge in [0.1, 0.15) is 23.5 Å². The van der Waals surface area contributed by atoms with E-state index in [9.17, 15) is 14.4 Å². The molecule has 0 saturated carbocycles. The smallest absolute Gasteiger partial charge is 0.407 e. The third-order valence-electron chi connectivity index (χ3n) is 11.2. The molecule has 5 N–H and O–H groups in total. The number of amides is 3. The predicted molar refractivity (Wildman–Crippen MR) is 218 cm³/mol. The molecule has 2 aromatic heterocycles. The number of hydrogen-bond acceptors (Lipinski definition) is 7. The molecule has 296 valence electrons. The first kappa shape index (κ1) is 38.4. The van der Waals surface area contributed by atoms with Crippen LogP contribution in [0.2, 0.25) is 0 Å². The second-order valence-corrected chi connectivity index (χ2v) is 15.3. The average molecular weight is 781 g/mol. The largest absolute Gasteiger partial charge is 0.453 e. The van der Waals surface area contributed by atoms with E-state index in [4.69, 9.17) is 15.5 Å². The lowest BCUT2D eigenvalue weighted by atomic mass is 10.0. The number of aromatic amines is 2. The molecule has 2 fully saturated rings. The van der Waals surface area contributed by atoms with E-state index in [0.29, 0.717) is 42.2 Å². The van der Waals surface area contributed by atoms with Gasteiger partial charge < -0.3 is 35.6 Å². The minimum atomic E-state index is -0.927. The van der Waals surface area contributed by atoms with Crippen molar-refractivity contribution >= 4 is 39.7 Å². The number of likely N-dealkylation sites (tertiary alicyclic amines) is 2. The van der Waals surface area contributed by atoms with Crippen molar-refractivity contribution < 1.29 is 23.5 Å². The van der Waals surface area contributed by atoms with E-state index in [2.05, 4.69) is 32.1 Å². The Kier molecular flexibility index (Phi) is 10.7. The van der Waals surface area contributed by atoms with Crippen molar-refractivity contribution in [2.24, 2.45) is 11.7 Å². The van der Waals surface area contributed by atoms with Gasteiger partial charge in [-0.25, -0.2) is 19.2 Å². The summed E-state index contributed by atoms with van der Waals surface area (Å²) in [6.45, 7) is 5.07. The number of H-pyrrole nitrogens is 2. The highest BCUT2D eigenvalue weighted by atomic mass is 19.1. The van der Waals surface area contributed by atoms with E-state index in [-0.39, 0.29) is 35.4 Å². The highest BCUT2D eigenvalue weighted by molar-refractivity contribution is 6.04. The van der Waals surface area contributed by atoms with Crippen molar-refractivity contribution in [3.63, 3.8) is 0 Å². The molecule has 13 heteroatoms. The van der Waals surface area contributed by atoms with Gasteiger partial charge in [-0.3, -0.25) is 9.59 Å². The van der Waals surface area contributed by atoms with Gasteiger partial charge in [0.25, 0.3) is 5.91 Å². The third-order valence-corrected chi connectivity index (χ3v) is 11.2. The maximum atomic E-state index is 15.5. The van der Waals surface area contributed by atoms with Crippen molar-refractivity contribution in [1.82, 2.24) is 35.1 Å². The Balaban J connectivity index is 0.976. The average Bonchev–Trinajstić information content (AvgIpc) is 4.08. The van der Waals surface area contributed by atoms with Gasteiger partial charge in [-0.2, -0.15) is 0 Å². The van der Waals surface area contributed by atoms with Crippen LogP contribution in [0.15, 0.2) is 85.1 Å². The van der Waals surface area contributed by atoms with Crippen LogP contribution in [0.1, 0.15) is 86.0 Å². The number of fused-ring (bicyclic) bond motifs is 3. The molecule has 58 heavy (non-hydrogen) atoms. The van der Waals surface area contributed by atoms with Crippen molar-refractivity contribution in [3.8, 4) is 23.1 Å². The Labute approximate surface area is 335 Å². The molecule has 4 atom stereocenters. The molecule has 4 aromatic carbocycles. The molecular weight excluding hydrogens is 736 g/mol. The molecular formula is C45H45FN8O4. The SMILES string of the molecule is COC(=O)N[C@@H](C(=O)N1CCC[C@H]1c1ncc(-c2ccc(C#Cc3ccc4c(ccc5[nH]c([C@@H]6CCCN6C(=O)[C@@H](N)C(C)C)nc54)c3)c(F)c2)[nH]1)c1ccccc1. The third kappa shape index (κ3) is 7.51. The number of alkyl carbamates (subject to hydrolysis) is 1. The minimum absolute atomic E-state index is 0.0424. The number of imidazole rings is 2. The van der Waals surface area contributed by atoms with Gasteiger partial charge in [-0.1, -0.05) is 74.2 Å². The number of ether oxygens (including phenoxy) is 1. The summed E-state index contributed by atoms with van der Waals surface area (Å²) in [6.07, 6.45) is 4.09. The fourth-order valence-electron chi connectivity index (χ4n) is 8.01. The van der Waals surface area contributed by atoms with Gasteiger partial charge in [0.15, 0.2) is 0 Å². The van der Waals surface area contributed by atoms with E-state index in [0.717, 1.165) is 52.5 Å². The molecule has 6 aromatic rings. The molecule has 0 bridgehead atoms. The van der Waals surface area contributed by atoms with Crippen LogP contribution in [0.25, 0.3) is 33.1 Å². The van der Waals surface area contributed by atoms with Crippen LogP contribution in [-0.4, -0.2) is 73.9 Å². The fourth-order valence-corrected chi connectivity index (χ4v) is 8.01. The highest BCUT2D eigenvalue weighted by Gasteiger charge is 2.38. The first-order valence-electron chi connectivity index (χ1n) is 19.6. The number of methoxy groups -OCH3 is 1. The summed E-state index contributed by atoms with van der Waals surface area (Å²) >= 11 is 0. The standard InChI is InChI=1S/C45H45FN8O4/c1-26(2)38(47)43(55)53-21-8-12-37(53)42-49-34-20-18-30-23-27(14-19-32(30)40(34)51-42)13-15-28-16-17-31(24-33(28)46)35-25-48-41(50-35)36-11-7-22-54(36)44(56)39(52-45(57)58-3)29-9-5-4-6-10-29/h4-6,9-10,14,16-20,23-26,36-39H,7-8,11-12,21-22,47H2,1-3H3,(H,48,50)(H,49,51)(H,52,57)/t36-,37-,38-,39+/m0/s1. The first-order chi connectivity index (χ1) is 28.1. The lowest BCUT2D eigenvalue weighted by Crippen LogP contribution is -2.46. The number of hydrogen-bond donors (Lipinski definition) is 4. The van der Waals surface area contributed by atoms with Gasteiger partial charge in [0, 0.05) is 29.6 Å². The molecule has 0 aliphatic carbocycles.